The zero-order chi connectivity index (χ0) is 23.2. The molecule has 5 heteroatoms. The van der Waals surface area contributed by atoms with Gasteiger partial charge in [-0.15, -0.1) is 0 Å². The van der Waals surface area contributed by atoms with Gasteiger partial charge in [0.2, 0.25) is 5.91 Å². The summed E-state index contributed by atoms with van der Waals surface area (Å²) in [5.41, 5.74) is 5.42. The number of hydrogen-bond donors (Lipinski definition) is 1. The lowest BCUT2D eigenvalue weighted by atomic mass is 10.1. The van der Waals surface area contributed by atoms with Crippen molar-refractivity contribution < 1.29 is 4.79 Å². The Morgan fingerprint density at radius 3 is 2.03 bits per heavy atom. The molecule has 0 unspecified atom stereocenters. The molecule has 4 nitrogen and oxygen atoms in total. The first-order chi connectivity index (χ1) is 16.8. The van der Waals surface area contributed by atoms with Crippen LogP contribution in [0.5, 0.6) is 0 Å². The molecule has 4 aromatic rings. The van der Waals surface area contributed by atoms with E-state index in [4.69, 9.17) is 0 Å². The Kier molecular flexibility index (Phi) is 6.73. The van der Waals surface area contributed by atoms with Crippen molar-refractivity contribution >= 4 is 46.9 Å². The fourth-order valence-corrected chi connectivity index (χ4v) is 5.08. The maximum Gasteiger partial charge on any atom is 0.224 e. The number of nitrogens with one attached hydrogen (secondary N) is 1. The van der Waals surface area contributed by atoms with Crippen LogP contribution in [0.1, 0.15) is 24.0 Å². The smallest absolute Gasteiger partial charge is 0.224 e. The largest absolute Gasteiger partial charge is 0.340 e. The number of nitrogens with zero attached hydrogens (tertiary/aromatic N) is 2. The van der Waals surface area contributed by atoms with Gasteiger partial charge in [-0.25, -0.2) is 0 Å². The van der Waals surface area contributed by atoms with Crippen LogP contribution in [-0.2, 0) is 4.79 Å². The first kappa shape index (κ1) is 22.0. The van der Waals surface area contributed by atoms with Crippen LogP contribution in [0.2, 0.25) is 0 Å². The zero-order valence-electron chi connectivity index (χ0n) is 18.7. The lowest BCUT2D eigenvalue weighted by Gasteiger charge is -2.32. The van der Waals surface area contributed by atoms with E-state index in [1.165, 1.54) is 21.2 Å². The van der Waals surface area contributed by atoms with Crippen molar-refractivity contribution in [2.24, 2.45) is 0 Å². The second-order valence-electron chi connectivity index (χ2n) is 8.08. The fourth-order valence-electron chi connectivity index (χ4n) is 3.99. The molecule has 0 fully saturated rings. The van der Waals surface area contributed by atoms with E-state index in [1.807, 2.05) is 48.6 Å². The fraction of sp³-hybridized carbons (Fsp3) is 0.103. The molecule has 168 valence electrons. The van der Waals surface area contributed by atoms with E-state index in [9.17, 15) is 4.79 Å². The van der Waals surface area contributed by atoms with Gasteiger partial charge in [-0.1, -0.05) is 60.3 Å². The molecule has 1 aromatic heterocycles. The van der Waals surface area contributed by atoms with Crippen LogP contribution in [0.25, 0.3) is 12.2 Å². The van der Waals surface area contributed by atoms with Gasteiger partial charge in [0.25, 0.3) is 0 Å². The Hall–Kier alpha value is -3.83. The van der Waals surface area contributed by atoms with E-state index in [-0.39, 0.29) is 5.91 Å². The summed E-state index contributed by atoms with van der Waals surface area (Å²) < 4.78 is 0. The van der Waals surface area contributed by atoms with Crippen molar-refractivity contribution in [2.75, 3.05) is 16.8 Å². The molecule has 5 rings (SSSR count). The molecule has 0 spiro atoms. The van der Waals surface area contributed by atoms with Crippen molar-refractivity contribution in [3.8, 4) is 0 Å². The number of carbonyl (C=O) groups is 1. The topological polar surface area (TPSA) is 45.2 Å². The summed E-state index contributed by atoms with van der Waals surface area (Å²) in [4.78, 5) is 21.5. The molecular formula is C29H25N3OS. The minimum Gasteiger partial charge on any atom is -0.340 e. The third-order valence-corrected chi connectivity index (χ3v) is 6.82. The summed E-state index contributed by atoms with van der Waals surface area (Å²) in [5, 5.41) is 3.03. The van der Waals surface area contributed by atoms with Crippen LogP contribution in [0.15, 0.2) is 107 Å². The van der Waals surface area contributed by atoms with Gasteiger partial charge >= 0.3 is 0 Å². The Morgan fingerprint density at radius 1 is 0.794 bits per heavy atom. The van der Waals surface area contributed by atoms with Crippen LogP contribution in [-0.4, -0.2) is 17.4 Å². The van der Waals surface area contributed by atoms with Crippen LogP contribution < -0.4 is 10.2 Å². The van der Waals surface area contributed by atoms with Gasteiger partial charge in [-0.3, -0.25) is 9.78 Å². The Balaban J connectivity index is 1.17. The summed E-state index contributed by atoms with van der Waals surface area (Å²) in [6.45, 7) is 0.792. The molecule has 0 bridgehead atoms. The Labute approximate surface area is 204 Å². The van der Waals surface area contributed by atoms with Crippen LogP contribution in [0.4, 0.5) is 17.1 Å². The first-order valence-electron chi connectivity index (χ1n) is 11.4. The summed E-state index contributed by atoms with van der Waals surface area (Å²) in [6, 6.07) is 28.7. The lowest BCUT2D eigenvalue weighted by molar-refractivity contribution is -0.116. The monoisotopic (exact) mass is 463 g/mol. The van der Waals surface area contributed by atoms with Gasteiger partial charge in [-0.2, -0.15) is 0 Å². The van der Waals surface area contributed by atoms with Gasteiger partial charge in [0, 0.05) is 40.8 Å². The van der Waals surface area contributed by atoms with Gasteiger partial charge < -0.3 is 10.2 Å². The zero-order valence-corrected chi connectivity index (χ0v) is 19.5. The van der Waals surface area contributed by atoms with Crippen molar-refractivity contribution in [2.45, 2.75) is 22.6 Å². The minimum absolute atomic E-state index is 0.0352. The molecular weight excluding hydrogens is 438 g/mol. The van der Waals surface area contributed by atoms with Crippen LogP contribution in [0, 0.1) is 0 Å². The maximum atomic E-state index is 12.6. The van der Waals surface area contributed by atoms with Gasteiger partial charge in [-0.05, 0) is 66.1 Å². The second kappa shape index (κ2) is 10.4. The normalized spacial score (nSPS) is 12.3. The third-order valence-electron chi connectivity index (χ3n) is 5.69. The van der Waals surface area contributed by atoms with E-state index < -0.39 is 0 Å². The van der Waals surface area contributed by atoms with Gasteiger partial charge in [0.05, 0.1) is 11.4 Å². The molecule has 1 amide bonds. The average Bonchev–Trinajstić information content (AvgIpc) is 2.88. The number of hydrogen-bond acceptors (Lipinski definition) is 4. The average molecular weight is 464 g/mol. The van der Waals surface area contributed by atoms with Crippen LogP contribution in [0.3, 0.4) is 0 Å². The number of rotatable bonds is 7. The SMILES string of the molecule is O=C(CCCN1c2ccccc2Sc2ccccc21)Nc1ccc(/C=C/c2ccncc2)cc1. The molecule has 1 aliphatic rings. The van der Waals surface area contributed by atoms with Gasteiger partial charge in [0.15, 0.2) is 0 Å². The molecule has 0 saturated heterocycles. The van der Waals surface area contributed by atoms with E-state index in [0.717, 1.165) is 29.8 Å². The highest BCUT2D eigenvalue weighted by molar-refractivity contribution is 7.99. The first-order valence-corrected chi connectivity index (χ1v) is 12.2. The number of amides is 1. The number of benzene rings is 3. The maximum absolute atomic E-state index is 12.6. The molecule has 0 radical (unpaired) electrons. The standard InChI is InChI=1S/C29H25N3OS/c33-29(31-24-15-13-22(14-16-24)11-12-23-17-19-30-20-18-23)10-5-21-32-25-6-1-3-8-27(25)34-28-9-4-2-7-26(28)32/h1-4,6-9,11-20H,5,10,21H2,(H,31,33)/b12-11+. The number of pyridine rings is 1. The summed E-state index contributed by atoms with van der Waals surface area (Å²) >= 11 is 1.80. The summed E-state index contributed by atoms with van der Waals surface area (Å²) in [6.07, 6.45) is 8.89. The second-order valence-corrected chi connectivity index (χ2v) is 9.16. The number of aromatic nitrogens is 1. The highest BCUT2D eigenvalue weighted by atomic mass is 32.2. The van der Waals surface area contributed by atoms with Crippen molar-refractivity contribution in [1.82, 2.24) is 4.98 Å². The predicted octanol–water partition coefficient (Wildman–Crippen LogP) is 7.27. The lowest BCUT2D eigenvalue weighted by Crippen LogP contribution is -2.23. The van der Waals surface area contributed by atoms with E-state index in [2.05, 4.69) is 63.7 Å². The van der Waals surface area contributed by atoms with Crippen molar-refractivity contribution in [1.29, 1.82) is 0 Å². The highest BCUT2D eigenvalue weighted by Crippen LogP contribution is 2.47. The number of fused-ring (bicyclic) bond motifs is 2. The Bertz CT molecular complexity index is 1260. The quantitative estimate of drug-likeness (QED) is 0.313. The minimum atomic E-state index is 0.0352. The molecule has 1 aliphatic heterocycles. The summed E-state index contributed by atoms with van der Waals surface area (Å²) in [5.74, 6) is 0.0352. The van der Waals surface area contributed by atoms with Crippen LogP contribution >= 0.6 is 11.8 Å². The van der Waals surface area contributed by atoms with Crippen molar-refractivity contribution in [3.05, 3.63) is 108 Å². The van der Waals surface area contributed by atoms with E-state index in [0.29, 0.717) is 6.42 Å². The molecule has 0 atom stereocenters. The molecule has 3 aromatic carbocycles. The summed E-state index contributed by atoms with van der Waals surface area (Å²) in [7, 11) is 0. The van der Waals surface area contributed by atoms with Gasteiger partial charge in [0.1, 0.15) is 0 Å². The highest BCUT2D eigenvalue weighted by Gasteiger charge is 2.22. The third kappa shape index (κ3) is 5.21. The number of para-hydroxylation sites is 2. The molecule has 34 heavy (non-hydrogen) atoms. The predicted molar refractivity (Wildman–Crippen MR) is 141 cm³/mol. The molecule has 1 N–H and O–H groups in total. The van der Waals surface area contributed by atoms with Crippen molar-refractivity contribution in [3.63, 3.8) is 0 Å². The molecule has 2 heterocycles. The van der Waals surface area contributed by atoms with E-state index in [1.54, 1.807) is 24.2 Å². The Morgan fingerprint density at radius 2 is 1.38 bits per heavy atom. The number of carbonyl (C=O) groups excluding carboxylic acids is 1. The molecule has 0 saturated carbocycles. The van der Waals surface area contributed by atoms with E-state index >= 15 is 0 Å². The molecule has 0 aliphatic carbocycles. The number of anilines is 3.